The predicted molar refractivity (Wildman–Crippen MR) is 106 cm³/mol. The van der Waals surface area contributed by atoms with E-state index in [-0.39, 0.29) is 17.8 Å². The molecule has 1 aliphatic rings. The molecule has 4 N–H and O–H groups in total. The minimum Gasteiger partial charge on any atom is -0.504 e. The van der Waals surface area contributed by atoms with E-state index in [1.54, 1.807) is 32.2 Å². The Morgan fingerprint density at radius 3 is 2.43 bits per heavy atom. The van der Waals surface area contributed by atoms with Crippen molar-refractivity contribution < 1.29 is 39.4 Å². The number of para-hydroxylation sites is 1. The summed E-state index contributed by atoms with van der Waals surface area (Å²) in [5, 5.41) is 20.2. The minimum absolute atomic E-state index is 0. The molecule has 0 saturated carbocycles. The molecule has 0 saturated heterocycles. The fraction of sp³-hybridized carbons (Fsp3) is 0.556. The Morgan fingerprint density at radius 2 is 1.82 bits per heavy atom. The summed E-state index contributed by atoms with van der Waals surface area (Å²) in [6, 6.07) is 5.06. The number of hydrogen-bond acceptors (Lipinski definition) is 8. The average Bonchev–Trinajstić information content (AvgIpc) is 3.05. The zero-order valence-electron chi connectivity index (χ0n) is 16.0. The lowest BCUT2D eigenvalue weighted by Crippen LogP contribution is -2.33. The molecule has 28 heavy (non-hydrogen) atoms. The first-order valence-electron chi connectivity index (χ1n) is 8.53. The summed E-state index contributed by atoms with van der Waals surface area (Å²) in [5.74, 6) is -0.413. The van der Waals surface area contributed by atoms with E-state index in [1.165, 1.54) is 11.8 Å². The minimum atomic E-state index is -1.18. The summed E-state index contributed by atoms with van der Waals surface area (Å²) in [6.45, 7) is 4.17. The van der Waals surface area contributed by atoms with E-state index < -0.39 is 11.5 Å². The van der Waals surface area contributed by atoms with Crippen molar-refractivity contribution in [1.29, 1.82) is 0 Å². The number of phenols is 1. The Bertz CT molecular complexity index is 669. The number of thioether (sulfide) groups is 1. The fourth-order valence-electron chi connectivity index (χ4n) is 2.23. The zero-order valence-corrected chi connectivity index (χ0v) is 16.8. The third-order valence-corrected chi connectivity index (χ3v) is 5.11. The number of phenolic OH excluding ortho intramolecular Hbond substituents is 1. The van der Waals surface area contributed by atoms with E-state index in [9.17, 15) is 15.0 Å². The van der Waals surface area contributed by atoms with Crippen LogP contribution in [0.3, 0.4) is 0 Å². The Labute approximate surface area is 168 Å². The van der Waals surface area contributed by atoms with Crippen LogP contribution in [0, 0.1) is 0 Å². The van der Waals surface area contributed by atoms with Crippen molar-refractivity contribution in [2.45, 2.75) is 12.5 Å². The fourth-order valence-corrected chi connectivity index (χ4v) is 3.42. The molecule has 10 heteroatoms. The maximum absolute atomic E-state index is 11.3. The lowest BCUT2D eigenvalue weighted by Gasteiger charge is -2.12. The van der Waals surface area contributed by atoms with Crippen LogP contribution in [0.25, 0.3) is 0 Å². The normalized spacial score (nSPS) is 18.4. The molecular formula is C18H27NO8S. The number of aliphatic carboxylic acids is 1. The van der Waals surface area contributed by atoms with Crippen molar-refractivity contribution in [2.75, 3.05) is 52.5 Å². The van der Waals surface area contributed by atoms with Crippen LogP contribution in [0.15, 0.2) is 23.2 Å². The molecule has 9 nitrogen and oxygen atoms in total. The SMILES string of the molecule is COCCOCCOCCOc1cccc(C2=N[C@@](C)(C(=O)O)CS2)c1O.O. The summed E-state index contributed by atoms with van der Waals surface area (Å²) in [6.07, 6.45) is 0. The van der Waals surface area contributed by atoms with Crippen LogP contribution in [-0.2, 0) is 19.0 Å². The molecule has 1 atom stereocenters. The van der Waals surface area contributed by atoms with Gasteiger partial charge >= 0.3 is 5.97 Å². The molecule has 0 aromatic heterocycles. The Hall–Kier alpha value is -1.85. The topological polar surface area (TPSA) is 138 Å². The van der Waals surface area contributed by atoms with Gasteiger partial charge in [0.25, 0.3) is 0 Å². The number of carboxylic acids is 1. The second-order valence-corrected chi connectivity index (χ2v) is 6.97. The van der Waals surface area contributed by atoms with Crippen LogP contribution in [0.4, 0.5) is 0 Å². The van der Waals surface area contributed by atoms with E-state index in [0.717, 1.165) is 0 Å². The zero-order chi connectivity index (χ0) is 19.7. The molecule has 2 rings (SSSR count). The summed E-state index contributed by atoms with van der Waals surface area (Å²) >= 11 is 1.30. The highest BCUT2D eigenvalue weighted by molar-refractivity contribution is 8.14. The Balaban J connectivity index is 0.00000392. The number of aromatic hydroxyl groups is 1. The Morgan fingerprint density at radius 1 is 1.18 bits per heavy atom. The van der Waals surface area contributed by atoms with Crippen LogP contribution < -0.4 is 4.74 Å². The van der Waals surface area contributed by atoms with Crippen LogP contribution >= 0.6 is 11.8 Å². The van der Waals surface area contributed by atoms with Crippen LogP contribution in [0.1, 0.15) is 12.5 Å². The molecule has 0 amide bonds. The largest absolute Gasteiger partial charge is 0.504 e. The molecule has 1 aromatic carbocycles. The van der Waals surface area contributed by atoms with E-state index in [4.69, 9.17) is 18.9 Å². The highest BCUT2D eigenvalue weighted by Gasteiger charge is 2.39. The molecule has 0 bridgehead atoms. The number of carboxylic acid groups (broad SMARTS) is 1. The smallest absolute Gasteiger partial charge is 0.332 e. The molecular weight excluding hydrogens is 390 g/mol. The highest BCUT2D eigenvalue weighted by atomic mass is 32.2. The second-order valence-electron chi connectivity index (χ2n) is 6.00. The molecule has 1 aromatic rings. The lowest BCUT2D eigenvalue weighted by molar-refractivity contribution is -0.141. The maximum Gasteiger partial charge on any atom is 0.332 e. The standard InChI is InChI=1S/C18H25NO7S.H2O/c1-18(17(21)22)12-27-16(19-18)13-4-3-5-14(15(13)20)26-11-10-25-9-8-24-7-6-23-2;/h3-5,20H,6-12H2,1-2H3,(H,21,22);1H2/t18-;/m1./s1. The summed E-state index contributed by atoms with van der Waals surface area (Å²) in [4.78, 5) is 15.6. The molecule has 1 heterocycles. The molecule has 0 fully saturated rings. The third-order valence-electron chi connectivity index (χ3n) is 3.82. The number of nitrogens with zero attached hydrogens (tertiary/aromatic N) is 1. The van der Waals surface area contributed by atoms with E-state index in [1.807, 2.05) is 0 Å². The van der Waals surface area contributed by atoms with E-state index in [0.29, 0.717) is 55.1 Å². The van der Waals surface area contributed by atoms with Gasteiger partial charge in [0, 0.05) is 12.9 Å². The van der Waals surface area contributed by atoms with Gasteiger partial charge in [-0.1, -0.05) is 6.07 Å². The van der Waals surface area contributed by atoms with Gasteiger partial charge in [-0.05, 0) is 19.1 Å². The number of carbonyl (C=O) groups is 1. The van der Waals surface area contributed by atoms with Crippen molar-refractivity contribution in [3.05, 3.63) is 23.8 Å². The molecule has 0 spiro atoms. The average molecular weight is 417 g/mol. The van der Waals surface area contributed by atoms with Crippen molar-refractivity contribution in [1.82, 2.24) is 0 Å². The number of aliphatic imine (C=N–C) groups is 1. The van der Waals surface area contributed by atoms with Gasteiger partial charge in [0.05, 0.1) is 38.6 Å². The molecule has 0 radical (unpaired) electrons. The first kappa shape index (κ1) is 24.2. The maximum atomic E-state index is 11.3. The third kappa shape index (κ3) is 6.64. The van der Waals surface area contributed by atoms with E-state index in [2.05, 4.69) is 4.99 Å². The van der Waals surface area contributed by atoms with Gasteiger partial charge in [-0.2, -0.15) is 0 Å². The first-order valence-corrected chi connectivity index (χ1v) is 9.52. The number of methoxy groups -OCH3 is 1. The number of benzene rings is 1. The molecule has 0 unspecified atom stereocenters. The number of rotatable bonds is 12. The van der Waals surface area contributed by atoms with Gasteiger partial charge in [0.1, 0.15) is 11.7 Å². The number of ether oxygens (including phenoxy) is 4. The van der Waals surface area contributed by atoms with Crippen molar-refractivity contribution in [2.24, 2.45) is 4.99 Å². The van der Waals surface area contributed by atoms with Crippen molar-refractivity contribution in [3.8, 4) is 11.5 Å². The monoisotopic (exact) mass is 417 g/mol. The molecule has 158 valence electrons. The quantitative estimate of drug-likeness (QED) is 0.480. The van der Waals surface area contributed by atoms with Crippen LogP contribution in [0.5, 0.6) is 11.5 Å². The van der Waals surface area contributed by atoms with Gasteiger partial charge in [-0.25, -0.2) is 4.79 Å². The number of hydrogen-bond donors (Lipinski definition) is 2. The summed E-state index contributed by atoms with van der Waals surface area (Å²) in [7, 11) is 1.62. The second kappa shape index (κ2) is 11.9. The Kier molecular flexibility index (Phi) is 10.3. The van der Waals surface area contributed by atoms with Gasteiger partial charge in [0.2, 0.25) is 0 Å². The van der Waals surface area contributed by atoms with Gasteiger partial charge in [-0.3, -0.25) is 4.99 Å². The predicted octanol–water partition coefficient (Wildman–Crippen LogP) is 0.963. The molecule has 0 aliphatic carbocycles. The van der Waals surface area contributed by atoms with Gasteiger partial charge in [0.15, 0.2) is 17.0 Å². The van der Waals surface area contributed by atoms with Crippen LogP contribution in [0.2, 0.25) is 0 Å². The highest BCUT2D eigenvalue weighted by Crippen LogP contribution is 2.37. The van der Waals surface area contributed by atoms with Crippen molar-refractivity contribution >= 4 is 22.8 Å². The lowest BCUT2D eigenvalue weighted by atomic mass is 10.1. The van der Waals surface area contributed by atoms with Gasteiger partial charge in [-0.15, -0.1) is 11.8 Å². The van der Waals surface area contributed by atoms with Crippen molar-refractivity contribution in [3.63, 3.8) is 0 Å². The molecule has 1 aliphatic heterocycles. The summed E-state index contributed by atoms with van der Waals surface area (Å²) < 4.78 is 21.1. The van der Waals surface area contributed by atoms with Gasteiger partial charge < -0.3 is 34.6 Å². The summed E-state index contributed by atoms with van der Waals surface area (Å²) in [5.41, 5.74) is -0.711. The van der Waals surface area contributed by atoms with E-state index >= 15 is 0 Å². The van der Waals surface area contributed by atoms with Crippen LogP contribution in [-0.4, -0.2) is 84.7 Å². The first-order chi connectivity index (χ1) is 13.0.